The molecule has 2 N–H and O–H groups in total. The van der Waals surface area contributed by atoms with Crippen LogP contribution in [-0.2, 0) is 16.6 Å². The van der Waals surface area contributed by atoms with Crippen molar-refractivity contribution in [1.82, 2.24) is 14.5 Å². The Kier molecular flexibility index (Phi) is 3.87. The number of phenols is 1. The molecule has 0 fully saturated rings. The minimum absolute atomic E-state index is 0.0311. The summed E-state index contributed by atoms with van der Waals surface area (Å²) in [5.41, 5.74) is 0. The lowest BCUT2D eigenvalue weighted by Gasteiger charge is -2.14. The number of hydrogen-bond acceptors (Lipinski definition) is 4. The molecule has 2 rings (SSSR count). The van der Waals surface area contributed by atoms with E-state index in [0.29, 0.717) is 6.54 Å². The minimum atomic E-state index is -3.58. The van der Waals surface area contributed by atoms with E-state index < -0.39 is 10.0 Å². The number of benzene rings is 1. The third-order valence-electron chi connectivity index (χ3n) is 2.52. The van der Waals surface area contributed by atoms with Crippen LogP contribution in [0.5, 0.6) is 5.75 Å². The SMILES string of the molecule is CC(Cn1cccn1)NS(=O)(=O)c1ccc(O)cc1. The normalized spacial score (nSPS) is 13.3. The van der Waals surface area contributed by atoms with Crippen LogP contribution in [0.2, 0.25) is 0 Å². The minimum Gasteiger partial charge on any atom is -0.508 e. The molecule has 1 aromatic heterocycles. The molecule has 19 heavy (non-hydrogen) atoms. The second-order valence-corrected chi connectivity index (χ2v) is 5.96. The summed E-state index contributed by atoms with van der Waals surface area (Å²) in [6.45, 7) is 2.21. The quantitative estimate of drug-likeness (QED) is 0.855. The monoisotopic (exact) mass is 281 g/mol. The van der Waals surface area contributed by atoms with Gasteiger partial charge >= 0.3 is 0 Å². The Labute approximate surface area is 111 Å². The van der Waals surface area contributed by atoms with Crippen molar-refractivity contribution < 1.29 is 13.5 Å². The molecule has 0 aliphatic rings. The summed E-state index contributed by atoms with van der Waals surface area (Å²) in [7, 11) is -3.58. The molecule has 0 bridgehead atoms. The molecule has 102 valence electrons. The van der Waals surface area contributed by atoms with Gasteiger partial charge in [-0.3, -0.25) is 4.68 Å². The Morgan fingerprint density at radius 1 is 1.37 bits per heavy atom. The van der Waals surface area contributed by atoms with E-state index in [9.17, 15) is 8.42 Å². The highest BCUT2D eigenvalue weighted by Crippen LogP contribution is 2.14. The van der Waals surface area contributed by atoms with Gasteiger partial charge in [-0.1, -0.05) is 0 Å². The lowest BCUT2D eigenvalue weighted by atomic mass is 10.3. The number of nitrogens with one attached hydrogen (secondary N) is 1. The molecule has 0 saturated heterocycles. The van der Waals surface area contributed by atoms with Crippen molar-refractivity contribution in [2.75, 3.05) is 0 Å². The molecule has 0 spiro atoms. The molecular weight excluding hydrogens is 266 g/mol. The van der Waals surface area contributed by atoms with Gasteiger partial charge in [0, 0.05) is 18.4 Å². The Morgan fingerprint density at radius 3 is 2.63 bits per heavy atom. The smallest absolute Gasteiger partial charge is 0.240 e. The standard InChI is InChI=1S/C12H15N3O3S/c1-10(9-15-8-2-7-13-15)14-19(17,18)12-5-3-11(16)4-6-12/h2-8,10,14,16H,9H2,1H3. The molecule has 1 unspecified atom stereocenters. The zero-order chi connectivity index (χ0) is 13.9. The predicted molar refractivity (Wildman–Crippen MR) is 70.1 cm³/mol. The first kappa shape index (κ1) is 13.6. The van der Waals surface area contributed by atoms with E-state index in [2.05, 4.69) is 9.82 Å². The summed E-state index contributed by atoms with van der Waals surface area (Å²) in [4.78, 5) is 0.123. The molecule has 1 atom stereocenters. The average Bonchev–Trinajstić information content (AvgIpc) is 2.81. The Bertz CT molecular complexity index is 621. The Morgan fingerprint density at radius 2 is 2.05 bits per heavy atom. The maximum Gasteiger partial charge on any atom is 0.240 e. The highest BCUT2D eigenvalue weighted by atomic mass is 32.2. The first-order valence-corrected chi connectivity index (χ1v) is 7.24. The summed E-state index contributed by atoms with van der Waals surface area (Å²) < 4.78 is 28.3. The molecule has 0 aliphatic heterocycles. The van der Waals surface area contributed by atoms with Crippen LogP contribution in [0.15, 0.2) is 47.6 Å². The largest absolute Gasteiger partial charge is 0.508 e. The zero-order valence-electron chi connectivity index (χ0n) is 10.4. The number of aromatic hydroxyl groups is 1. The molecule has 1 aromatic carbocycles. The van der Waals surface area contributed by atoms with E-state index in [4.69, 9.17) is 5.11 Å². The first-order valence-electron chi connectivity index (χ1n) is 5.76. The second-order valence-electron chi connectivity index (χ2n) is 4.24. The second kappa shape index (κ2) is 5.41. The maximum atomic E-state index is 12.1. The van der Waals surface area contributed by atoms with Gasteiger partial charge in [0.1, 0.15) is 5.75 Å². The molecule has 2 aromatic rings. The van der Waals surface area contributed by atoms with Crippen LogP contribution in [0.1, 0.15) is 6.92 Å². The fourth-order valence-corrected chi connectivity index (χ4v) is 2.92. The van der Waals surface area contributed by atoms with Gasteiger partial charge in [0.25, 0.3) is 0 Å². The molecule has 0 radical (unpaired) electrons. The lowest BCUT2D eigenvalue weighted by molar-refractivity contribution is 0.474. The number of rotatable bonds is 5. The first-order chi connectivity index (χ1) is 8.97. The van der Waals surface area contributed by atoms with Gasteiger partial charge in [-0.25, -0.2) is 13.1 Å². The molecule has 6 nitrogen and oxygen atoms in total. The lowest BCUT2D eigenvalue weighted by Crippen LogP contribution is -2.35. The van der Waals surface area contributed by atoms with Gasteiger partial charge < -0.3 is 5.11 Å². The van der Waals surface area contributed by atoms with Crippen LogP contribution in [0, 0.1) is 0 Å². The number of sulfonamides is 1. The Hall–Kier alpha value is -1.86. The predicted octanol–water partition coefficient (Wildman–Crippen LogP) is 0.956. The van der Waals surface area contributed by atoms with E-state index in [1.54, 1.807) is 30.1 Å². The third-order valence-corrected chi connectivity index (χ3v) is 4.13. The van der Waals surface area contributed by atoms with Gasteiger partial charge in [0.15, 0.2) is 0 Å². The fourth-order valence-electron chi connectivity index (χ4n) is 1.68. The molecule has 0 saturated carbocycles. The molecule has 0 amide bonds. The van der Waals surface area contributed by atoms with Crippen LogP contribution in [0.3, 0.4) is 0 Å². The fraction of sp³-hybridized carbons (Fsp3) is 0.250. The van der Waals surface area contributed by atoms with Crippen molar-refractivity contribution in [3.05, 3.63) is 42.7 Å². The number of nitrogens with zero attached hydrogens (tertiary/aromatic N) is 2. The zero-order valence-corrected chi connectivity index (χ0v) is 11.2. The van der Waals surface area contributed by atoms with Crippen LogP contribution in [-0.4, -0.2) is 29.3 Å². The van der Waals surface area contributed by atoms with Crippen molar-refractivity contribution in [3.63, 3.8) is 0 Å². The molecule has 7 heteroatoms. The van der Waals surface area contributed by atoms with Gasteiger partial charge in [-0.2, -0.15) is 5.10 Å². The topological polar surface area (TPSA) is 84.2 Å². The summed E-state index contributed by atoms with van der Waals surface area (Å²) >= 11 is 0. The summed E-state index contributed by atoms with van der Waals surface area (Å²) in [5, 5.41) is 13.2. The van der Waals surface area contributed by atoms with E-state index in [0.717, 1.165) is 0 Å². The highest BCUT2D eigenvalue weighted by molar-refractivity contribution is 7.89. The van der Waals surface area contributed by atoms with Gasteiger partial charge in [-0.05, 0) is 37.3 Å². The van der Waals surface area contributed by atoms with Gasteiger partial charge in [0.2, 0.25) is 10.0 Å². The third kappa shape index (κ3) is 3.55. The van der Waals surface area contributed by atoms with Crippen molar-refractivity contribution in [2.45, 2.75) is 24.4 Å². The van der Waals surface area contributed by atoms with Crippen LogP contribution in [0.4, 0.5) is 0 Å². The van der Waals surface area contributed by atoms with Crippen LogP contribution in [0.25, 0.3) is 0 Å². The molecular formula is C12H15N3O3S. The van der Waals surface area contributed by atoms with E-state index in [1.165, 1.54) is 24.3 Å². The highest BCUT2D eigenvalue weighted by Gasteiger charge is 2.17. The van der Waals surface area contributed by atoms with Crippen molar-refractivity contribution in [3.8, 4) is 5.75 Å². The van der Waals surface area contributed by atoms with E-state index >= 15 is 0 Å². The summed E-state index contributed by atoms with van der Waals surface area (Å²) in [6, 6.07) is 6.88. The maximum absolute atomic E-state index is 12.1. The van der Waals surface area contributed by atoms with Gasteiger partial charge in [-0.15, -0.1) is 0 Å². The number of hydrogen-bond donors (Lipinski definition) is 2. The average molecular weight is 281 g/mol. The van der Waals surface area contributed by atoms with Crippen molar-refractivity contribution in [1.29, 1.82) is 0 Å². The summed E-state index contributed by atoms with van der Waals surface area (Å²) in [6.07, 6.45) is 3.41. The number of phenolic OH excluding ortho intramolecular Hbond substituents is 1. The van der Waals surface area contributed by atoms with E-state index in [1.807, 2.05) is 0 Å². The molecule has 1 heterocycles. The van der Waals surface area contributed by atoms with Crippen molar-refractivity contribution in [2.24, 2.45) is 0 Å². The number of aromatic nitrogens is 2. The summed E-state index contributed by atoms with van der Waals surface area (Å²) in [5.74, 6) is 0.0311. The van der Waals surface area contributed by atoms with E-state index in [-0.39, 0.29) is 16.7 Å². The Balaban J connectivity index is 2.06. The van der Waals surface area contributed by atoms with Crippen LogP contribution < -0.4 is 4.72 Å². The molecule has 0 aliphatic carbocycles. The van der Waals surface area contributed by atoms with Gasteiger partial charge in [0.05, 0.1) is 11.4 Å². The van der Waals surface area contributed by atoms with Crippen molar-refractivity contribution >= 4 is 10.0 Å². The van der Waals surface area contributed by atoms with Crippen LogP contribution >= 0.6 is 0 Å².